The number of hydrogen-bond acceptors (Lipinski definition) is 8. The van der Waals surface area contributed by atoms with E-state index >= 15 is 0 Å². The molecule has 8 nitrogen and oxygen atoms in total. The largest absolute Gasteiger partial charge is 0.463 e. The van der Waals surface area contributed by atoms with Crippen LogP contribution in [0.3, 0.4) is 0 Å². The number of benzene rings is 18. The Bertz CT molecular complexity index is 8320. The summed E-state index contributed by atoms with van der Waals surface area (Å²) in [5, 5.41) is 75.9. The molecule has 7 aliphatic carbocycles. The first-order valence-corrected chi connectivity index (χ1v) is 33.3. The number of nitrogens with zero attached hydrogens (tertiary/aromatic N) is 2. The maximum atomic E-state index is 14.4. The van der Waals surface area contributed by atoms with Crippen LogP contribution in [0.2, 0.25) is 0 Å². The molecule has 4 fully saturated rings. The van der Waals surface area contributed by atoms with Crippen LogP contribution in [0.25, 0.3) is 280 Å². The van der Waals surface area contributed by atoms with Gasteiger partial charge in [-0.2, -0.15) is 0 Å². The summed E-state index contributed by atoms with van der Waals surface area (Å²) in [4.78, 5) is 41.4. The summed E-state index contributed by atoms with van der Waals surface area (Å²) in [5.74, 6) is -0.547. The van der Waals surface area contributed by atoms with Crippen LogP contribution in [0.15, 0.2) is 24.3 Å². The Morgan fingerprint density at radius 2 is 0.556 bits per heavy atom. The van der Waals surface area contributed by atoms with Gasteiger partial charge in [-0.15, -0.1) is 0 Å². The number of aromatic nitrogens is 2. The van der Waals surface area contributed by atoms with Crippen LogP contribution in [0.4, 0.5) is 0 Å². The molecule has 27 aromatic carbocycles. The molecule has 5 heterocycles. The number of ether oxygens (including phenoxy) is 4. The van der Waals surface area contributed by atoms with Gasteiger partial charge < -0.3 is 18.9 Å². The number of carbonyl (C=O) groups is 2. The van der Waals surface area contributed by atoms with Crippen molar-refractivity contribution in [3.05, 3.63) is 69.0 Å². The minimum atomic E-state index is -1.12. The molecule has 6 spiro atoms. The molecule has 396 valence electrons. The van der Waals surface area contributed by atoms with Crippen molar-refractivity contribution in [1.29, 1.82) is 0 Å². The minimum Gasteiger partial charge on any atom is -0.463 e. The monoisotopic (exact) mass is 1130 g/mol. The van der Waals surface area contributed by atoms with E-state index in [1.165, 1.54) is 233 Å². The Labute approximate surface area is 493 Å². The van der Waals surface area contributed by atoms with Crippen molar-refractivity contribution >= 4 is 292 Å². The molecule has 39 rings (SSSR count). The molecule has 4 bridgehead atoms. The fraction of sp³-hybridized carbons (Fsp3) is 0.195. The van der Waals surface area contributed by atoms with E-state index in [0.717, 1.165) is 22.4 Å². The summed E-state index contributed by atoms with van der Waals surface area (Å²) in [6, 6.07) is 8.60. The number of esters is 2. The third-order valence-corrected chi connectivity index (χ3v) is 32.6. The first kappa shape index (κ1) is 36.6. The molecule has 28 aromatic rings. The third-order valence-electron chi connectivity index (χ3n) is 32.6. The fourth-order valence-electron chi connectivity index (χ4n) is 33.1. The molecule has 0 radical (unpaired) electrons. The zero-order valence-corrected chi connectivity index (χ0v) is 46.9. The van der Waals surface area contributed by atoms with Gasteiger partial charge in [0, 0.05) is 13.8 Å². The van der Waals surface area contributed by atoms with Gasteiger partial charge in [-0.3, -0.25) is 9.59 Å². The van der Waals surface area contributed by atoms with Crippen LogP contribution in [0.5, 0.6) is 0 Å². The maximum absolute atomic E-state index is 14.4. The van der Waals surface area contributed by atoms with Crippen molar-refractivity contribution in [3.8, 4) is 0 Å². The van der Waals surface area contributed by atoms with Gasteiger partial charge in [-0.1, -0.05) is 12.1 Å². The molecule has 1 aromatic heterocycles. The van der Waals surface area contributed by atoms with E-state index in [2.05, 4.69) is 24.3 Å². The number of fused-ring (bicyclic) bond motifs is 4. The second-order valence-electron chi connectivity index (χ2n) is 32.8. The molecule has 11 aliphatic rings. The van der Waals surface area contributed by atoms with E-state index < -0.39 is 44.1 Å². The third kappa shape index (κ3) is 1.97. The molecule has 8 atom stereocenters. The van der Waals surface area contributed by atoms with E-state index in [0.29, 0.717) is 25.7 Å². The lowest BCUT2D eigenvalue weighted by Crippen LogP contribution is -2.85. The summed E-state index contributed by atoms with van der Waals surface area (Å²) < 4.78 is 32.5. The zero-order chi connectivity index (χ0) is 55.1. The Kier molecular flexibility index (Phi) is 3.41. The highest BCUT2D eigenvalue weighted by atomic mass is 16.6. The molecule has 0 saturated carbocycles. The summed E-state index contributed by atoms with van der Waals surface area (Å²) in [6.07, 6.45) is 2.73. The van der Waals surface area contributed by atoms with Gasteiger partial charge in [0.25, 0.3) is 0 Å². The fourth-order valence-corrected chi connectivity index (χ4v) is 33.1. The first-order valence-electron chi connectivity index (χ1n) is 33.3. The number of hydrogen-bond donors (Lipinski definition) is 0. The average Bonchev–Trinajstić information content (AvgIpc) is 1.34. The predicted octanol–water partition coefficient (Wildman–Crippen LogP) is 17.5. The van der Waals surface area contributed by atoms with E-state index in [9.17, 15) is 19.1 Å². The highest BCUT2D eigenvalue weighted by molar-refractivity contribution is 6.81. The van der Waals surface area contributed by atoms with Crippen molar-refractivity contribution in [2.75, 3.05) is 13.2 Å². The standard InChI is InChI=1S/C82H22N2O6/c1-13(85)87-11-75-7-9-77(89-75)73-74(84-16-6-4-3-5-15(16)83-73)78-10-8-76(90-78,12-88-14(2)86)80-68-59-52-44-35-27-20-18-17-19-21-22(20)29-33(27)46(52)54-48-37(29)36-28(21)32-26(19)34-30-23(17)25-24(18)31(35)40-42-38(25)41-39(30)49-43(34)51-45(32)53-47(36)57(48)66-69-62(53)58(51)67-60(49)64-55(41)56(42)65(61(68)50(40)44)72(80)71(64)79(67,75)81(69,77)82(78,80)70(66)63(54)59/h3-6H,7-12H2,1-2H3/t75-,76+,77-,78-,79?,80?,81?,82?/m0/s1. The van der Waals surface area contributed by atoms with Crippen molar-refractivity contribution in [1.82, 2.24) is 9.97 Å². The molecule has 0 amide bonds. The van der Waals surface area contributed by atoms with E-state index in [1.54, 1.807) is 83.9 Å². The van der Waals surface area contributed by atoms with Crippen LogP contribution in [-0.4, -0.2) is 46.3 Å². The van der Waals surface area contributed by atoms with Gasteiger partial charge in [0.2, 0.25) is 0 Å². The number of para-hydroxylation sites is 2. The molecular weight excluding hydrogens is 1110 g/mol. The Morgan fingerprint density at radius 1 is 0.322 bits per heavy atom. The molecular formula is C82H22N2O6. The number of carbonyl (C=O) groups excluding carboxylic acids is 2. The molecule has 8 heteroatoms. The average molecular weight is 1130 g/mol. The lowest BCUT2D eigenvalue weighted by molar-refractivity contribution is -0.163. The molecule has 0 N–H and O–H groups in total. The van der Waals surface area contributed by atoms with Crippen molar-refractivity contribution in [2.45, 2.75) is 83.6 Å². The Hall–Kier alpha value is -9.86. The Morgan fingerprint density at radius 3 is 0.822 bits per heavy atom. The van der Waals surface area contributed by atoms with Crippen molar-refractivity contribution in [3.63, 3.8) is 0 Å². The van der Waals surface area contributed by atoms with Crippen LogP contribution in [0.1, 0.15) is 84.3 Å². The molecule has 90 heavy (non-hydrogen) atoms. The first-order chi connectivity index (χ1) is 44.3. The van der Waals surface area contributed by atoms with Gasteiger partial charge >= 0.3 is 11.9 Å². The molecule has 4 saturated heterocycles. The topological polar surface area (TPSA) is 96.8 Å². The summed E-state index contributed by atoms with van der Waals surface area (Å²) in [6.45, 7) is 3.49. The van der Waals surface area contributed by atoms with E-state index in [1.807, 2.05) is 0 Å². The van der Waals surface area contributed by atoms with Gasteiger partial charge in [0.1, 0.15) is 35.6 Å². The van der Waals surface area contributed by atoms with Crippen LogP contribution < -0.4 is 0 Å². The summed E-state index contributed by atoms with van der Waals surface area (Å²) >= 11 is 0. The van der Waals surface area contributed by atoms with Crippen LogP contribution >= 0.6 is 0 Å². The zero-order valence-electron chi connectivity index (χ0n) is 46.9. The summed E-state index contributed by atoms with van der Waals surface area (Å²) in [7, 11) is 0. The van der Waals surface area contributed by atoms with Gasteiger partial charge in [-0.05, 0) is 341 Å². The second kappa shape index (κ2) is 8.38. The highest BCUT2D eigenvalue weighted by Crippen LogP contribution is 3.02. The van der Waals surface area contributed by atoms with Gasteiger partial charge in [0.05, 0.1) is 44.1 Å². The predicted molar refractivity (Wildman–Crippen MR) is 351 cm³/mol. The summed E-state index contributed by atoms with van der Waals surface area (Å²) in [5.41, 5.74) is 4.23. The lowest BCUT2D eigenvalue weighted by atomic mass is 9.21. The molecule has 4 unspecified atom stereocenters. The van der Waals surface area contributed by atoms with Crippen LogP contribution in [0, 0.1) is 0 Å². The number of rotatable bonds is 4. The minimum absolute atomic E-state index is 0.117. The van der Waals surface area contributed by atoms with Crippen LogP contribution in [-0.2, 0) is 61.4 Å². The normalized spacial score (nSPS) is 32.2. The van der Waals surface area contributed by atoms with E-state index in [-0.39, 0.29) is 25.2 Å². The second-order valence-corrected chi connectivity index (χ2v) is 32.8. The van der Waals surface area contributed by atoms with Gasteiger partial charge in [-0.25, -0.2) is 9.97 Å². The lowest BCUT2D eigenvalue weighted by Gasteiger charge is -2.76. The molecule has 4 aliphatic heterocycles. The Balaban J connectivity index is 1.02. The van der Waals surface area contributed by atoms with Gasteiger partial charge in [0.15, 0.2) is 0 Å². The SMILES string of the molecule is CC(=O)OC[C@@]12CC[C@]3(O1)c1nc4ccccc4nc1[C@]14CC[C@@](COC(C)=O)(O1)C15c6c7c8c9c%10c%11c%12c%13c%14c(c%15c%16c1c1c6c6c8c8c%17c9c9c%11c%11c%12c%12c%14c%14c%15c%15c%16c%16c1c1c6c8c6c8c%17c9c9c%11c%11c%12c%14c%12c%15c%14c%16c1c6c1c%14c%12c%11c9c81)C54C%133C7%102. The van der Waals surface area contributed by atoms with E-state index in [4.69, 9.17) is 19.4 Å². The highest BCUT2D eigenvalue weighted by Gasteiger charge is 3.06. The quantitative estimate of drug-likeness (QED) is 0.127. The van der Waals surface area contributed by atoms with Crippen molar-refractivity contribution < 1.29 is 28.5 Å². The smallest absolute Gasteiger partial charge is 0.302 e. The maximum Gasteiger partial charge on any atom is 0.302 e. The van der Waals surface area contributed by atoms with Crippen molar-refractivity contribution in [2.24, 2.45) is 0 Å².